The fourth-order valence-electron chi connectivity index (χ4n) is 2.88. The molecule has 1 N–H and O–H groups in total. The minimum Gasteiger partial charge on any atom is -0.493 e. The number of carbonyl (C=O) groups excluding carboxylic acids is 2. The van der Waals surface area contributed by atoms with Crippen molar-refractivity contribution in [2.45, 2.75) is 13.0 Å². The Hall–Kier alpha value is -3.80. The smallest absolute Gasteiger partial charge is 0.337 e. The maximum absolute atomic E-state index is 13.1. The number of rotatable bonds is 7. The standard InChI is InChI=1S/C24H23NO5/c1-16-9-12-19(13-10-16)25-23(26)22(17-7-5-4-6-8-17)30-20-14-11-18(24(27)29-3)15-21(20)28-2/h4-15,22H,1-3H3,(H,25,26)/t22-/m0/s1. The third kappa shape index (κ3) is 4.97. The Kier molecular flexibility index (Phi) is 6.70. The predicted octanol–water partition coefficient (Wildman–Crippen LogP) is 4.55. The van der Waals surface area contributed by atoms with Crippen LogP contribution in [-0.4, -0.2) is 26.1 Å². The molecule has 0 radical (unpaired) electrons. The second kappa shape index (κ2) is 9.60. The molecule has 0 saturated heterocycles. The number of ether oxygens (including phenoxy) is 3. The van der Waals surface area contributed by atoms with Crippen molar-refractivity contribution in [3.05, 3.63) is 89.5 Å². The monoisotopic (exact) mass is 405 g/mol. The molecule has 3 rings (SSSR count). The van der Waals surface area contributed by atoms with E-state index in [4.69, 9.17) is 14.2 Å². The van der Waals surface area contributed by atoms with Gasteiger partial charge in [-0.05, 0) is 37.3 Å². The third-order valence-corrected chi connectivity index (χ3v) is 4.49. The lowest BCUT2D eigenvalue weighted by atomic mass is 10.1. The molecule has 0 fully saturated rings. The first-order chi connectivity index (χ1) is 14.5. The maximum Gasteiger partial charge on any atom is 0.337 e. The lowest BCUT2D eigenvalue weighted by Gasteiger charge is -2.21. The van der Waals surface area contributed by atoms with E-state index in [-0.39, 0.29) is 5.91 Å². The number of esters is 1. The molecule has 6 heteroatoms. The first kappa shape index (κ1) is 20.9. The van der Waals surface area contributed by atoms with Crippen molar-refractivity contribution in [1.29, 1.82) is 0 Å². The molecule has 30 heavy (non-hydrogen) atoms. The second-order valence-electron chi connectivity index (χ2n) is 6.62. The summed E-state index contributed by atoms with van der Waals surface area (Å²) in [6.07, 6.45) is -0.926. The number of methoxy groups -OCH3 is 2. The Morgan fingerprint density at radius 3 is 2.20 bits per heavy atom. The molecule has 0 aromatic heterocycles. The molecule has 0 unspecified atom stereocenters. The van der Waals surface area contributed by atoms with Gasteiger partial charge in [-0.25, -0.2) is 4.79 Å². The van der Waals surface area contributed by atoms with Crippen LogP contribution in [-0.2, 0) is 9.53 Å². The fourth-order valence-corrected chi connectivity index (χ4v) is 2.88. The van der Waals surface area contributed by atoms with Gasteiger partial charge in [0.25, 0.3) is 5.91 Å². The molecular weight excluding hydrogens is 382 g/mol. The second-order valence-corrected chi connectivity index (χ2v) is 6.62. The zero-order valence-corrected chi connectivity index (χ0v) is 17.0. The van der Waals surface area contributed by atoms with E-state index in [1.165, 1.54) is 20.3 Å². The summed E-state index contributed by atoms with van der Waals surface area (Å²) >= 11 is 0. The molecule has 0 aliphatic rings. The van der Waals surface area contributed by atoms with Crippen molar-refractivity contribution >= 4 is 17.6 Å². The van der Waals surface area contributed by atoms with E-state index >= 15 is 0 Å². The number of nitrogens with one attached hydrogen (secondary N) is 1. The Morgan fingerprint density at radius 2 is 1.57 bits per heavy atom. The zero-order chi connectivity index (χ0) is 21.5. The zero-order valence-electron chi connectivity index (χ0n) is 17.0. The van der Waals surface area contributed by atoms with Gasteiger partial charge in [0.2, 0.25) is 6.10 Å². The van der Waals surface area contributed by atoms with E-state index < -0.39 is 12.1 Å². The summed E-state index contributed by atoms with van der Waals surface area (Å²) in [5, 5.41) is 2.89. The molecule has 0 spiro atoms. The highest BCUT2D eigenvalue weighted by Crippen LogP contribution is 2.33. The van der Waals surface area contributed by atoms with Gasteiger partial charge in [0.05, 0.1) is 19.8 Å². The van der Waals surface area contributed by atoms with Gasteiger partial charge in [0.15, 0.2) is 11.5 Å². The normalized spacial score (nSPS) is 11.3. The quantitative estimate of drug-likeness (QED) is 0.584. The summed E-state index contributed by atoms with van der Waals surface area (Å²) < 4.78 is 16.2. The van der Waals surface area contributed by atoms with E-state index in [1.54, 1.807) is 12.1 Å². The van der Waals surface area contributed by atoms with Crippen molar-refractivity contribution in [2.24, 2.45) is 0 Å². The number of hydrogen-bond donors (Lipinski definition) is 1. The third-order valence-electron chi connectivity index (χ3n) is 4.49. The molecular formula is C24H23NO5. The molecule has 154 valence electrons. The van der Waals surface area contributed by atoms with Gasteiger partial charge >= 0.3 is 5.97 Å². The summed E-state index contributed by atoms with van der Waals surface area (Å²) in [6, 6.07) is 21.3. The van der Waals surface area contributed by atoms with Crippen LogP contribution in [0.5, 0.6) is 11.5 Å². The first-order valence-electron chi connectivity index (χ1n) is 9.37. The average Bonchev–Trinajstić information content (AvgIpc) is 2.78. The van der Waals surface area contributed by atoms with Crippen LogP contribution in [0.4, 0.5) is 5.69 Å². The van der Waals surface area contributed by atoms with Crippen LogP contribution in [0.15, 0.2) is 72.8 Å². The van der Waals surface area contributed by atoms with Gasteiger partial charge in [0.1, 0.15) is 0 Å². The fraction of sp³-hybridized carbons (Fsp3) is 0.167. The summed E-state index contributed by atoms with van der Waals surface area (Å²) in [5.74, 6) is -0.166. The topological polar surface area (TPSA) is 73.9 Å². The molecule has 3 aromatic carbocycles. The van der Waals surface area contributed by atoms with Gasteiger partial charge in [-0.3, -0.25) is 4.79 Å². The Labute approximate surface area is 175 Å². The minimum atomic E-state index is -0.926. The highest BCUT2D eigenvalue weighted by molar-refractivity contribution is 5.95. The molecule has 0 heterocycles. The molecule has 3 aromatic rings. The number of aryl methyl sites for hydroxylation is 1. The Balaban J connectivity index is 1.91. The molecule has 0 aliphatic heterocycles. The summed E-state index contributed by atoms with van der Waals surface area (Å²) in [7, 11) is 2.77. The number of carbonyl (C=O) groups is 2. The average molecular weight is 405 g/mol. The summed E-state index contributed by atoms with van der Waals surface area (Å²) in [4.78, 5) is 24.9. The van der Waals surface area contributed by atoms with E-state index in [2.05, 4.69) is 5.32 Å². The SMILES string of the molecule is COC(=O)c1ccc(O[C@H](C(=O)Nc2ccc(C)cc2)c2ccccc2)c(OC)c1. The number of amides is 1. The van der Waals surface area contributed by atoms with E-state index in [0.29, 0.717) is 28.3 Å². The number of hydrogen-bond acceptors (Lipinski definition) is 5. The lowest BCUT2D eigenvalue weighted by Crippen LogP contribution is -2.26. The van der Waals surface area contributed by atoms with Crippen molar-refractivity contribution in [1.82, 2.24) is 0 Å². The molecule has 1 atom stereocenters. The van der Waals surface area contributed by atoms with E-state index in [0.717, 1.165) is 5.56 Å². The van der Waals surface area contributed by atoms with Gasteiger partial charge in [-0.1, -0.05) is 48.0 Å². The molecule has 0 aliphatic carbocycles. The molecule has 0 bridgehead atoms. The summed E-state index contributed by atoms with van der Waals surface area (Å²) in [6.45, 7) is 1.98. The summed E-state index contributed by atoms with van der Waals surface area (Å²) in [5.41, 5.74) is 2.77. The van der Waals surface area contributed by atoms with Crippen LogP contribution in [0, 0.1) is 6.92 Å². The first-order valence-corrected chi connectivity index (χ1v) is 9.37. The highest BCUT2D eigenvalue weighted by Gasteiger charge is 2.25. The van der Waals surface area contributed by atoms with Crippen LogP contribution in [0.2, 0.25) is 0 Å². The van der Waals surface area contributed by atoms with E-state index in [1.807, 2.05) is 61.5 Å². The van der Waals surface area contributed by atoms with Crippen LogP contribution in [0.3, 0.4) is 0 Å². The van der Waals surface area contributed by atoms with E-state index in [9.17, 15) is 9.59 Å². The van der Waals surface area contributed by atoms with Crippen LogP contribution in [0.25, 0.3) is 0 Å². The van der Waals surface area contributed by atoms with Crippen molar-refractivity contribution in [3.63, 3.8) is 0 Å². The van der Waals surface area contributed by atoms with Crippen LogP contribution in [0.1, 0.15) is 27.6 Å². The number of anilines is 1. The van der Waals surface area contributed by atoms with Crippen LogP contribution >= 0.6 is 0 Å². The Morgan fingerprint density at radius 1 is 0.867 bits per heavy atom. The van der Waals surface area contributed by atoms with Gasteiger partial charge in [0, 0.05) is 11.3 Å². The van der Waals surface area contributed by atoms with Gasteiger partial charge in [-0.2, -0.15) is 0 Å². The largest absolute Gasteiger partial charge is 0.493 e. The van der Waals surface area contributed by atoms with Crippen LogP contribution < -0.4 is 14.8 Å². The minimum absolute atomic E-state index is 0.321. The molecule has 0 saturated carbocycles. The van der Waals surface area contributed by atoms with Gasteiger partial charge in [-0.15, -0.1) is 0 Å². The maximum atomic E-state index is 13.1. The van der Waals surface area contributed by atoms with Gasteiger partial charge < -0.3 is 19.5 Å². The predicted molar refractivity (Wildman–Crippen MR) is 114 cm³/mol. The molecule has 6 nitrogen and oxygen atoms in total. The van der Waals surface area contributed by atoms with Crippen molar-refractivity contribution < 1.29 is 23.8 Å². The Bertz CT molecular complexity index is 1020. The number of benzene rings is 3. The van der Waals surface area contributed by atoms with Crippen molar-refractivity contribution in [3.8, 4) is 11.5 Å². The lowest BCUT2D eigenvalue weighted by molar-refractivity contribution is -0.123. The highest BCUT2D eigenvalue weighted by atomic mass is 16.5. The molecule has 1 amide bonds. The van der Waals surface area contributed by atoms with Crippen molar-refractivity contribution in [2.75, 3.05) is 19.5 Å².